The fourth-order valence-corrected chi connectivity index (χ4v) is 3.21. The molecule has 0 saturated carbocycles. The third-order valence-corrected chi connectivity index (χ3v) is 5.14. The van der Waals surface area contributed by atoms with E-state index in [0.717, 1.165) is 20.2 Å². The van der Waals surface area contributed by atoms with Crippen LogP contribution in [0.2, 0.25) is 0 Å². The molecule has 0 saturated heterocycles. The van der Waals surface area contributed by atoms with E-state index in [1.54, 1.807) is 4.68 Å². The largest absolute Gasteiger partial charge is 0.319 e. The van der Waals surface area contributed by atoms with Crippen molar-refractivity contribution in [1.29, 1.82) is 0 Å². The summed E-state index contributed by atoms with van der Waals surface area (Å²) in [7, 11) is 0. The molecule has 0 bridgehead atoms. The molecule has 1 amide bonds. The van der Waals surface area contributed by atoms with E-state index in [1.165, 1.54) is 24.3 Å². The zero-order chi connectivity index (χ0) is 20.4. The maximum Gasteiger partial charge on any atom is 0.295 e. The Labute approximate surface area is 182 Å². The lowest BCUT2D eigenvalue weighted by Gasteiger charge is -2.06. The SMILES string of the molecule is O=C(Nc1ccc(F)cc1)c1nc(-c2ccc(Br)cc2)n(-c2ccc(Br)cc2)n1. The molecular formula is C21H13Br2FN4O. The molecule has 0 spiro atoms. The number of nitrogens with zero attached hydrogens (tertiary/aromatic N) is 3. The summed E-state index contributed by atoms with van der Waals surface area (Å²) < 4.78 is 16.6. The number of hydrogen-bond donors (Lipinski definition) is 1. The second-order valence-corrected chi connectivity index (χ2v) is 7.95. The molecule has 1 aromatic heterocycles. The molecule has 29 heavy (non-hydrogen) atoms. The Morgan fingerprint density at radius 2 is 1.45 bits per heavy atom. The van der Waals surface area contributed by atoms with E-state index in [1.807, 2.05) is 48.5 Å². The molecule has 1 N–H and O–H groups in total. The summed E-state index contributed by atoms with van der Waals surface area (Å²) in [6.45, 7) is 0. The van der Waals surface area contributed by atoms with Gasteiger partial charge in [0.15, 0.2) is 5.82 Å². The summed E-state index contributed by atoms with van der Waals surface area (Å²) in [6.07, 6.45) is 0. The van der Waals surface area contributed by atoms with Gasteiger partial charge in [0.1, 0.15) is 5.82 Å². The van der Waals surface area contributed by atoms with Crippen molar-refractivity contribution in [1.82, 2.24) is 14.8 Å². The molecular weight excluding hydrogens is 503 g/mol. The third-order valence-electron chi connectivity index (χ3n) is 4.09. The van der Waals surface area contributed by atoms with Gasteiger partial charge in [-0.25, -0.2) is 14.1 Å². The van der Waals surface area contributed by atoms with Gasteiger partial charge in [-0.05, 0) is 60.7 Å². The maximum absolute atomic E-state index is 13.1. The molecule has 1 heterocycles. The van der Waals surface area contributed by atoms with Crippen LogP contribution in [0, 0.1) is 5.82 Å². The molecule has 144 valence electrons. The first-order valence-electron chi connectivity index (χ1n) is 8.55. The van der Waals surface area contributed by atoms with Gasteiger partial charge >= 0.3 is 0 Å². The molecule has 4 rings (SSSR count). The standard InChI is InChI=1S/C21H13Br2FN4O/c22-14-3-1-13(2-4-14)20-26-19(21(29)25-17-9-7-16(24)8-10-17)27-28(20)18-11-5-15(23)6-12-18/h1-12H,(H,25,29). The topological polar surface area (TPSA) is 59.8 Å². The quantitative estimate of drug-likeness (QED) is 0.371. The molecule has 3 aromatic carbocycles. The number of anilines is 1. The number of nitrogens with one attached hydrogen (secondary N) is 1. The second-order valence-electron chi connectivity index (χ2n) is 6.12. The first-order valence-corrected chi connectivity index (χ1v) is 10.1. The minimum Gasteiger partial charge on any atom is -0.319 e. The highest BCUT2D eigenvalue weighted by atomic mass is 79.9. The number of hydrogen-bond acceptors (Lipinski definition) is 3. The van der Waals surface area contributed by atoms with Crippen molar-refractivity contribution in [2.75, 3.05) is 5.32 Å². The van der Waals surface area contributed by atoms with E-state index < -0.39 is 5.91 Å². The Morgan fingerprint density at radius 1 is 0.862 bits per heavy atom. The zero-order valence-electron chi connectivity index (χ0n) is 14.8. The number of benzene rings is 3. The molecule has 0 radical (unpaired) electrons. The summed E-state index contributed by atoms with van der Waals surface area (Å²) in [5.74, 6) is -0.316. The number of carbonyl (C=O) groups excluding carboxylic acids is 1. The smallest absolute Gasteiger partial charge is 0.295 e. The van der Waals surface area contributed by atoms with E-state index in [2.05, 4.69) is 47.3 Å². The average molecular weight is 516 g/mol. The Kier molecular flexibility index (Phi) is 5.55. The van der Waals surface area contributed by atoms with Crippen LogP contribution in [0.15, 0.2) is 81.7 Å². The average Bonchev–Trinajstić information content (AvgIpc) is 3.16. The molecule has 0 fully saturated rings. The molecule has 8 heteroatoms. The monoisotopic (exact) mass is 514 g/mol. The molecule has 0 aliphatic heterocycles. The summed E-state index contributed by atoms with van der Waals surface area (Å²) in [6, 6.07) is 20.6. The minimum absolute atomic E-state index is 0.00941. The van der Waals surface area contributed by atoms with Crippen molar-refractivity contribution in [3.05, 3.63) is 93.4 Å². The molecule has 0 unspecified atom stereocenters. The summed E-state index contributed by atoms with van der Waals surface area (Å²) in [5, 5.41) is 7.10. The summed E-state index contributed by atoms with van der Waals surface area (Å²) in [4.78, 5) is 17.1. The van der Waals surface area contributed by atoms with Crippen LogP contribution < -0.4 is 5.32 Å². The first kappa shape index (κ1) is 19.5. The van der Waals surface area contributed by atoms with Gasteiger partial charge < -0.3 is 5.32 Å². The van der Waals surface area contributed by atoms with Gasteiger partial charge in [-0.15, -0.1) is 5.10 Å². The van der Waals surface area contributed by atoms with Crippen molar-refractivity contribution >= 4 is 43.5 Å². The van der Waals surface area contributed by atoms with Crippen LogP contribution >= 0.6 is 31.9 Å². The number of carbonyl (C=O) groups is 1. The third kappa shape index (κ3) is 4.44. The van der Waals surface area contributed by atoms with E-state index in [-0.39, 0.29) is 11.6 Å². The van der Waals surface area contributed by atoms with Gasteiger partial charge in [0.05, 0.1) is 5.69 Å². The van der Waals surface area contributed by atoms with Crippen LogP contribution in [0.5, 0.6) is 0 Å². The van der Waals surface area contributed by atoms with E-state index in [4.69, 9.17) is 0 Å². The van der Waals surface area contributed by atoms with E-state index >= 15 is 0 Å². The highest BCUT2D eigenvalue weighted by Crippen LogP contribution is 2.24. The van der Waals surface area contributed by atoms with Crippen LogP contribution in [0.4, 0.5) is 10.1 Å². The molecule has 5 nitrogen and oxygen atoms in total. The van der Waals surface area contributed by atoms with Gasteiger partial charge in [0.2, 0.25) is 5.82 Å². The van der Waals surface area contributed by atoms with Crippen LogP contribution in [-0.2, 0) is 0 Å². The predicted molar refractivity (Wildman–Crippen MR) is 117 cm³/mol. The lowest BCUT2D eigenvalue weighted by atomic mass is 10.2. The van der Waals surface area contributed by atoms with E-state index in [9.17, 15) is 9.18 Å². The van der Waals surface area contributed by atoms with Gasteiger partial charge in [-0.3, -0.25) is 4.79 Å². The number of rotatable bonds is 4. The Bertz CT molecular complexity index is 1090. The van der Waals surface area contributed by atoms with Crippen molar-refractivity contribution in [2.45, 2.75) is 0 Å². The van der Waals surface area contributed by atoms with Crippen molar-refractivity contribution in [3.8, 4) is 17.1 Å². The van der Waals surface area contributed by atoms with Crippen LogP contribution in [0.3, 0.4) is 0 Å². The number of halogens is 3. The van der Waals surface area contributed by atoms with Crippen molar-refractivity contribution < 1.29 is 9.18 Å². The second kappa shape index (κ2) is 8.26. The van der Waals surface area contributed by atoms with Crippen molar-refractivity contribution in [2.24, 2.45) is 0 Å². The van der Waals surface area contributed by atoms with Crippen LogP contribution in [0.1, 0.15) is 10.6 Å². The molecule has 0 aliphatic rings. The maximum atomic E-state index is 13.1. The predicted octanol–water partition coefficient (Wildman–Crippen LogP) is 5.85. The van der Waals surface area contributed by atoms with Gasteiger partial charge in [-0.2, -0.15) is 0 Å². The highest BCUT2D eigenvalue weighted by molar-refractivity contribution is 9.10. The Balaban J connectivity index is 1.74. The van der Waals surface area contributed by atoms with Gasteiger partial charge in [0, 0.05) is 20.2 Å². The van der Waals surface area contributed by atoms with Crippen LogP contribution in [-0.4, -0.2) is 20.7 Å². The molecule has 0 atom stereocenters. The molecule has 4 aromatic rings. The highest BCUT2D eigenvalue weighted by Gasteiger charge is 2.19. The minimum atomic E-state index is -0.481. The fourth-order valence-electron chi connectivity index (χ4n) is 2.68. The Morgan fingerprint density at radius 3 is 2.07 bits per heavy atom. The molecule has 0 aliphatic carbocycles. The van der Waals surface area contributed by atoms with Gasteiger partial charge in [-0.1, -0.05) is 44.0 Å². The van der Waals surface area contributed by atoms with Gasteiger partial charge in [0.25, 0.3) is 5.91 Å². The lowest BCUT2D eigenvalue weighted by molar-refractivity contribution is 0.101. The first-order chi connectivity index (χ1) is 14.0. The summed E-state index contributed by atoms with van der Waals surface area (Å²) >= 11 is 6.84. The lowest BCUT2D eigenvalue weighted by Crippen LogP contribution is -2.14. The van der Waals surface area contributed by atoms with E-state index in [0.29, 0.717) is 11.5 Å². The Hall–Kier alpha value is -2.84. The number of amides is 1. The summed E-state index contributed by atoms with van der Waals surface area (Å²) in [5.41, 5.74) is 2.03. The fraction of sp³-hybridized carbons (Fsp3) is 0. The zero-order valence-corrected chi connectivity index (χ0v) is 18.0. The van der Waals surface area contributed by atoms with Crippen molar-refractivity contribution in [3.63, 3.8) is 0 Å². The van der Waals surface area contributed by atoms with Crippen LogP contribution in [0.25, 0.3) is 17.1 Å². The normalized spacial score (nSPS) is 10.7. The number of aromatic nitrogens is 3.